The van der Waals surface area contributed by atoms with Gasteiger partial charge in [0.2, 0.25) is 6.79 Å². The maximum absolute atomic E-state index is 12.5. The number of hydrogen-bond acceptors (Lipinski definition) is 3. The summed E-state index contributed by atoms with van der Waals surface area (Å²) in [5, 5.41) is 2.54. The number of aryl methyl sites for hydroxylation is 1. The van der Waals surface area contributed by atoms with Crippen molar-refractivity contribution in [1.29, 1.82) is 0 Å². The maximum atomic E-state index is 12.5. The van der Waals surface area contributed by atoms with Crippen LogP contribution < -0.4 is 15.0 Å². The van der Waals surface area contributed by atoms with Crippen molar-refractivity contribution in [2.75, 3.05) is 6.79 Å². The molecule has 0 radical (unpaired) electrons. The molecular formula is C15H11NO3. The summed E-state index contributed by atoms with van der Waals surface area (Å²) in [5.41, 5.74) is 0.856. The molecule has 4 nitrogen and oxygen atoms in total. The van der Waals surface area contributed by atoms with Gasteiger partial charge in [0, 0.05) is 17.8 Å². The van der Waals surface area contributed by atoms with Crippen LogP contribution in [0.25, 0.3) is 21.7 Å². The van der Waals surface area contributed by atoms with E-state index < -0.39 is 0 Å². The van der Waals surface area contributed by atoms with Gasteiger partial charge in [0.05, 0.1) is 10.9 Å². The van der Waals surface area contributed by atoms with Crippen molar-refractivity contribution in [3.63, 3.8) is 0 Å². The van der Waals surface area contributed by atoms with Gasteiger partial charge in [0.25, 0.3) is 5.56 Å². The normalized spacial score (nSPS) is 13.3. The SMILES string of the molecule is Cn1c(=O)c2c3c(ccc2c2ccccc21)OCO3. The van der Waals surface area contributed by atoms with E-state index in [1.807, 2.05) is 36.4 Å². The van der Waals surface area contributed by atoms with Crippen molar-refractivity contribution < 1.29 is 9.47 Å². The summed E-state index contributed by atoms with van der Waals surface area (Å²) in [5.74, 6) is 1.20. The molecule has 0 atom stereocenters. The predicted octanol–water partition coefficient (Wildman–Crippen LogP) is 2.42. The maximum Gasteiger partial charge on any atom is 0.262 e. The van der Waals surface area contributed by atoms with Crippen molar-refractivity contribution in [2.45, 2.75) is 0 Å². The first-order valence-electron chi connectivity index (χ1n) is 6.07. The molecule has 0 amide bonds. The van der Waals surface area contributed by atoms with E-state index in [1.165, 1.54) is 0 Å². The minimum atomic E-state index is -0.0592. The van der Waals surface area contributed by atoms with E-state index in [0.29, 0.717) is 16.9 Å². The van der Waals surface area contributed by atoms with Gasteiger partial charge in [-0.3, -0.25) is 4.79 Å². The molecule has 19 heavy (non-hydrogen) atoms. The van der Waals surface area contributed by atoms with Gasteiger partial charge in [-0.05, 0) is 18.2 Å². The molecule has 2 aromatic carbocycles. The van der Waals surface area contributed by atoms with Gasteiger partial charge in [-0.25, -0.2) is 0 Å². The van der Waals surface area contributed by atoms with Gasteiger partial charge in [0.1, 0.15) is 0 Å². The number of ether oxygens (including phenoxy) is 2. The van der Waals surface area contributed by atoms with Crippen molar-refractivity contribution in [3.8, 4) is 11.5 Å². The van der Waals surface area contributed by atoms with Gasteiger partial charge >= 0.3 is 0 Å². The largest absolute Gasteiger partial charge is 0.454 e. The van der Waals surface area contributed by atoms with Crippen LogP contribution in [-0.2, 0) is 7.05 Å². The van der Waals surface area contributed by atoms with Crippen LogP contribution in [0.3, 0.4) is 0 Å². The minimum absolute atomic E-state index is 0.0592. The molecule has 94 valence electrons. The Labute approximate surface area is 108 Å². The minimum Gasteiger partial charge on any atom is -0.454 e. The molecule has 1 aliphatic heterocycles. The van der Waals surface area contributed by atoms with E-state index in [-0.39, 0.29) is 12.4 Å². The van der Waals surface area contributed by atoms with Crippen molar-refractivity contribution in [1.82, 2.24) is 4.57 Å². The molecule has 1 aliphatic rings. The summed E-state index contributed by atoms with van der Waals surface area (Å²) in [6.45, 7) is 0.171. The molecule has 0 saturated heterocycles. The quantitative estimate of drug-likeness (QED) is 0.578. The first-order chi connectivity index (χ1) is 9.27. The first kappa shape index (κ1) is 10.4. The zero-order valence-corrected chi connectivity index (χ0v) is 10.3. The van der Waals surface area contributed by atoms with E-state index in [2.05, 4.69) is 0 Å². The highest BCUT2D eigenvalue weighted by atomic mass is 16.7. The monoisotopic (exact) mass is 253 g/mol. The zero-order chi connectivity index (χ0) is 13.0. The Morgan fingerprint density at radius 1 is 1.05 bits per heavy atom. The molecule has 4 heteroatoms. The Morgan fingerprint density at radius 2 is 1.89 bits per heavy atom. The first-order valence-corrected chi connectivity index (χ1v) is 6.07. The smallest absolute Gasteiger partial charge is 0.262 e. The Kier molecular flexibility index (Phi) is 1.93. The highest BCUT2D eigenvalue weighted by molar-refractivity contribution is 6.08. The highest BCUT2D eigenvalue weighted by Crippen LogP contribution is 2.39. The van der Waals surface area contributed by atoms with E-state index in [4.69, 9.17) is 9.47 Å². The fourth-order valence-corrected chi connectivity index (χ4v) is 2.68. The van der Waals surface area contributed by atoms with E-state index >= 15 is 0 Å². The summed E-state index contributed by atoms with van der Waals surface area (Å²) >= 11 is 0. The Balaban J connectivity index is 2.34. The second-order valence-electron chi connectivity index (χ2n) is 4.60. The number of fused-ring (bicyclic) bond motifs is 5. The van der Waals surface area contributed by atoms with E-state index in [0.717, 1.165) is 16.3 Å². The van der Waals surface area contributed by atoms with Crippen LogP contribution in [-0.4, -0.2) is 11.4 Å². The summed E-state index contributed by atoms with van der Waals surface area (Å²) in [4.78, 5) is 12.5. The van der Waals surface area contributed by atoms with Gasteiger partial charge in [-0.1, -0.05) is 18.2 Å². The highest BCUT2D eigenvalue weighted by Gasteiger charge is 2.21. The zero-order valence-electron chi connectivity index (χ0n) is 10.3. The molecule has 0 N–H and O–H groups in total. The number of hydrogen-bond donors (Lipinski definition) is 0. The lowest BCUT2D eigenvalue weighted by Gasteiger charge is -2.10. The molecule has 1 aromatic heterocycles. The van der Waals surface area contributed by atoms with E-state index in [9.17, 15) is 4.79 Å². The number of nitrogens with zero attached hydrogens (tertiary/aromatic N) is 1. The third-order valence-electron chi connectivity index (χ3n) is 3.61. The summed E-state index contributed by atoms with van der Waals surface area (Å²) in [6.07, 6.45) is 0. The molecule has 0 saturated carbocycles. The van der Waals surface area contributed by atoms with Crippen LogP contribution in [0, 0.1) is 0 Å². The third-order valence-corrected chi connectivity index (χ3v) is 3.61. The van der Waals surface area contributed by atoms with Crippen LogP contribution in [0.2, 0.25) is 0 Å². The van der Waals surface area contributed by atoms with Crippen LogP contribution >= 0.6 is 0 Å². The van der Waals surface area contributed by atoms with Crippen LogP contribution in [0.15, 0.2) is 41.2 Å². The lowest BCUT2D eigenvalue weighted by Crippen LogP contribution is -2.17. The number of para-hydroxylation sites is 1. The number of benzene rings is 2. The second kappa shape index (κ2) is 3.51. The van der Waals surface area contributed by atoms with Crippen molar-refractivity contribution in [3.05, 3.63) is 46.8 Å². The van der Waals surface area contributed by atoms with Gasteiger partial charge in [0.15, 0.2) is 11.5 Å². The number of pyridine rings is 1. The van der Waals surface area contributed by atoms with Crippen molar-refractivity contribution >= 4 is 21.7 Å². The molecule has 0 unspecified atom stereocenters. The van der Waals surface area contributed by atoms with Crippen LogP contribution in [0.4, 0.5) is 0 Å². The molecule has 0 bridgehead atoms. The summed E-state index contributed by atoms with van der Waals surface area (Å²) < 4.78 is 12.5. The molecule has 0 aliphatic carbocycles. The third kappa shape index (κ3) is 1.25. The topological polar surface area (TPSA) is 40.5 Å². The molecule has 2 heterocycles. The molecular weight excluding hydrogens is 242 g/mol. The fraction of sp³-hybridized carbons (Fsp3) is 0.133. The van der Waals surface area contributed by atoms with Gasteiger partial charge in [-0.15, -0.1) is 0 Å². The molecule has 0 spiro atoms. The van der Waals surface area contributed by atoms with Gasteiger partial charge < -0.3 is 14.0 Å². The standard InChI is InChI=1S/C15H11NO3/c1-16-11-5-3-2-4-9(11)10-6-7-12-14(19-8-18-12)13(10)15(16)17/h2-7H,8H2,1H3. The fourth-order valence-electron chi connectivity index (χ4n) is 2.68. The Bertz CT molecular complexity index is 880. The Morgan fingerprint density at radius 3 is 2.79 bits per heavy atom. The second-order valence-corrected chi connectivity index (χ2v) is 4.60. The number of rotatable bonds is 0. The summed E-state index contributed by atoms with van der Waals surface area (Å²) in [7, 11) is 1.78. The van der Waals surface area contributed by atoms with Gasteiger partial charge in [-0.2, -0.15) is 0 Å². The molecule has 3 aromatic rings. The number of aromatic nitrogens is 1. The predicted molar refractivity (Wildman–Crippen MR) is 72.8 cm³/mol. The van der Waals surface area contributed by atoms with E-state index in [1.54, 1.807) is 11.6 Å². The van der Waals surface area contributed by atoms with Crippen molar-refractivity contribution in [2.24, 2.45) is 7.05 Å². The van der Waals surface area contributed by atoms with Crippen LogP contribution in [0.5, 0.6) is 11.5 Å². The lowest BCUT2D eigenvalue weighted by atomic mass is 10.0. The Hall–Kier alpha value is -2.49. The molecule has 4 rings (SSSR count). The average molecular weight is 253 g/mol. The summed E-state index contributed by atoms with van der Waals surface area (Å²) in [6, 6.07) is 11.6. The average Bonchev–Trinajstić information content (AvgIpc) is 2.92. The lowest BCUT2D eigenvalue weighted by molar-refractivity contribution is 0.174. The van der Waals surface area contributed by atoms with Crippen LogP contribution in [0.1, 0.15) is 0 Å². The molecule has 0 fully saturated rings.